The summed E-state index contributed by atoms with van der Waals surface area (Å²) < 4.78 is 5.13. The monoisotopic (exact) mass is 392 g/mol. The molecule has 3 N–H and O–H groups in total. The van der Waals surface area contributed by atoms with Crippen LogP contribution in [0.4, 0.5) is 11.4 Å². The number of benzene rings is 3. The van der Waals surface area contributed by atoms with Gasteiger partial charge in [0.15, 0.2) is 5.78 Å². The Labute approximate surface area is 167 Å². The van der Waals surface area contributed by atoms with Crippen LogP contribution in [0, 0.1) is 0 Å². The number of ketones is 1. The van der Waals surface area contributed by atoms with Crippen LogP contribution in [0.5, 0.6) is 5.75 Å². The molecular weight excluding hydrogens is 372 g/mol. The Hall–Kier alpha value is -3.25. The molecule has 0 fully saturated rings. The van der Waals surface area contributed by atoms with E-state index in [9.17, 15) is 9.59 Å². The zero-order chi connectivity index (χ0) is 20.1. The highest BCUT2D eigenvalue weighted by atomic mass is 32.2. The highest BCUT2D eigenvalue weighted by Crippen LogP contribution is 2.27. The van der Waals surface area contributed by atoms with E-state index in [-0.39, 0.29) is 11.7 Å². The molecule has 0 bridgehead atoms. The number of carbonyl (C=O) groups is 2. The van der Waals surface area contributed by atoms with Crippen molar-refractivity contribution >= 4 is 34.8 Å². The molecule has 0 saturated heterocycles. The Kier molecular flexibility index (Phi) is 6.01. The van der Waals surface area contributed by atoms with Gasteiger partial charge in [0.1, 0.15) is 5.75 Å². The minimum atomic E-state index is -0.325. The lowest BCUT2D eigenvalue weighted by Crippen LogP contribution is -2.16. The van der Waals surface area contributed by atoms with E-state index < -0.39 is 0 Å². The van der Waals surface area contributed by atoms with Crippen LogP contribution in [0.25, 0.3) is 0 Å². The number of methoxy groups -OCH3 is 1. The molecule has 0 aliphatic carbocycles. The average molecular weight is 392 g/mol. The van der Waals surface area contributed by atoms with Crippen LogP contribution in [0.15, 0.2) is 71.6 Å². The number of nitrogen functional groups attached to an aromatic ring is 1. The molecule has 0 aliphatic rings. The maximum Gasteiger partial charge on any atom is 0.255 e. The maximum absolute atomic E-state index is 13.0. The summed E-state index contributed by atoms with van der Waals surface area (Å²) in [6.07, 6.45) is 1.97. The van der Waals surface area contributed by atoms with Crippen LogP contribution < -0.4 is 15.8 Å². The van der Waals surface area contributed by atoms with Gasteiger partial charge in [0.05, 0.1) is 18.5 Å². The average Bonchev–Trinajstić information content (AvgIpc) is 2.74. The van der Waals surface area contributed by atoms with E-state index in [4.69, 9.17) is 10.5 Å². The first-order valence-electron chi connectivity index (χ1n) is 8.56. The molecule has 0 atom stereocenters. The number of amides is 1. The number of hydrogen-bond donors (Lipinski definition) is 2. The highest BCUT2D eigenvalue weighted by molar-refractivity contribution is 7.98. The zero-order valence-corrected chi connectivity index (χ0v) is 16.4. The quantitative estimate of drug-likeness (QED) is 0.367. The van der Waals surface area contributed by atoms with Crippen molar-refractivity contribution in [3.05, 3.63) is 83.4 Å². The molecule has 0 unspecified atom stereocenters. The molecule has 6 heteroatoms. The van der Waals surface area contributed by atoms with Gasteiger partial charge in [0.25, 0.3) is 5.91 Å². The summed E-state index contributed by atoms with van der Waals surface area (Å²) in [7, 11) is 1.56. The first-order valence-corrected chi connectivity index (χ1v) is 9.78. The lowest BCUT2D eigenvalue weighted by atomic mass is 10.0. The number of hydrogen-bond acceptors (Lipinski definition) is 5. The second kappa shape index (κ2) is 8.63. The van der Waals surface area contributed by atoms with Crippen molar-refractivity contribution in [2.24, 2.45) is 0 Å². The van der Waals surface area contributed by atoms with Gasteiger partial charge in [0.2, 0.25) is 0 Å². The van der Waals surface area contributed by atoms with Crippen molar-refractivity contribution in [1.29, 1.82) is 0 Å². The van der Waals surface area contributed by atoms with Crippen LogP contribution in [0.2, 0.25) is 0 Å². The van der Waals surface area contributed by atoms with Gasteiger partial charge >= 0.3 is 0 Å². The fourth-order valence-electron chi connectivity index (χ4n) is 2.72. The Morgan fingerprint density at radius 2 is 1.57 bits per heavy atom. The minimum Gasteiger partial charge on any atom is -0.497 e. The van der Waals surface area contributed by atoms with Crippen molar-refractivity contribution in [2.45, 2.75) is 4.90 Å². The number of nitrogens with one attached hydrogen (secondary N) is 1. The highest BCUT2D eigenvalue weighted by Gasteiger charge is 2.18. The van der Waals surface area contributed by atoms with Crippen molar-refractivity contribution in [3.63, 3.8) is 0 Å². The number of nitrogens with two attached hydrogens (primary N) is 1. The van der Waals surface area contributed by atoms with E-state index in [0.29, 0.717) is 33.8 Å². The molecule has 3 aromatic carbocycles. The molecule has 1 amide bonds. The van der Waals surface area contributed by atoms with E-state index in [2.05, 4.69) is 5.32 Å². The van der Waals surface area contributed by atoms with E-state index in [0.717, 1.165) is 4.90 Å². The van der Waals surface area contributed by atoms with Crippen molar-refractivity contribution < 1.29 is 14.3 Å². The SMILES string of the molecule is COc1ccc(C(=O)c2cccc(N)c2NC(=O)c2ccc(SC)cc2)cc1. The molecule has 28 heavy (non-hydrogen) atoms. The summed E-state index contributed by atoms with van der Waals surface area (Å²) in [5.74, 6) is 0.101. The van der Waals surface area contributed by atoms with Crippen molar-refractivity contribution in [2.75, 3.05) is 24.4 Å². The fraction of sp³-hybridized carbons (Fsp3) is 0.0909. The number of anilines is 2. The molecule has 0 saturated carbocycles. The molecular formula is C22H20N2O3S. The zero-order valence-electron chi connectivity index (χ0n) is 15.6. The van der Waals surface area contributed by atoms with Crippen molar-refractivity contribution in [3.8, 4) is 5.75 Å². The van der Waals surface area contributed by atoms with Gasteiger partial charge in [-0.25, -0.2) is 0 Å². The van der Waals surface area contributed by atoms with Crippen LogP contribution >= 0.6 is 11.8 Å². The molecule has 3 rings (SSSR count). The molecule has 0 spiro atoms. The molecule has 0 heterocycles. The topological polar surface area (TPSA) is 81.4 Å². The third kappa shape index (κ3) is 4.18. The van der Waals surface area contributed by atoms with Gasteiger partial charge < -0.3 is 15.8 Å². The largest absolute Gasteiger partial charge is 0.497 e. The maximum atomic E-state index is 13.0. The van der Waals surface area contributed by atoms with E-state index in [1.807, 2.05) is 18.4 Å². The fourth-order valence-corrected chi connectivity index (χ4v) is 3.13. The molecule has 142 valence electrons. The first-order chi connectivity index (χ1) is 13.5. The Bertz CT molecular complexity index is 999. The lowest BCUT2D eigenvalue weighted by Gasteiger charge is -2.13. The van der Waals surface area contributed by atoms with Gasteiger partial charge in [-0.2, -0.15) is 0 Å². The van der Waals surface area contributed by atoms with E-state index in [1.54, 1.807) is 73.5 Å². The summed E-state index contributed by atoms with van der Waals surface area (Å²) >= 11 is 1.60. The number of carbonyl (C=O) groups excluding carboxylic acids is 2. The Morgan fingerprint density at radius 1 is 0.929 bits per heavy atom. The van der Waals surface area contributed by atoms with Gasteiger partial charge in [-0.05, 0) is 66.9 Å². The predicted molar refractivity (Wildman–Crippen MR) is 113 cm³/mol. The third-order valence-electron chi connectivity index (χ3n) is 4.28. The second-order valence-electron chi connectivity index (χ2n) is 6.01. The van der Waals surface area contributed by atoms with Crippen LogP contribution in [-0.4, -0.2) is 25.1 Å². The standard InChI is InChI=1S/C22H20N2O3S/c1-27-16-10-6-14(7-11-16)21(25)18-4-3-5-19(23)20(18)24-22(26)15-8-12-17(28-2)13-9-15/h3-13H,23H2,1-2H3,(H,24,26). The number of rotatable bonds is 6. The van der Waals surface area contributed by atoms with Crippen LogP contribution in [-0.2, 0) is 0 Å². The summed E-state index contributed by atoms with van der Waals surface area (Å²) in [5.41, 5.74) is 8.00. The summed E-state index contributed by atoms with van der Waals surface area (Å²) in [5, 5.41) is 2.79. The smallest absolute Gasteiger partial charge is 0.255 e. The Morgan fingerprint density at radius 3 is 2.18 bits per heavy atom. The van der Waals surface area contributed by atoms with Crippen molar-refractivity contribution in [1.82, 2.24) is 0 Å². The van der Waals surface area contributed by atoms with Crippen LogP contribution in [0.1, 0.15) is 26.3 Å². The number of para-hydroxylation sites is 1. The molecule has 3 aromatic rings. The van der Waals surface area contributed by atoms with Gasteiger partial charge in [0, 0.05) is 21.6 Å². The van der Waals surface area contributed by atoms with E-state index in [1.165, 1.54) is 0 Å². The molecule has 5 nitrogen and oxygen atoms in total. The second-order valence-corrected chi connectivity index (χ2v) is 6.89. The number of ether oxygens (including phenoxy) is 1. The molecule has 0 aliphatic heterocycles. The summed E-state index contributed by atoms with van der Waals surface area (Å²) in [6, 6.07) is 19.0. The van der Waals surface area contributed by atoms with Gasteiger partial charge in [-0.15, -0.1) is 11.8 Å². The lowest BCUT2D eigenvalue weighted by molar-refractivity contribution is 0.102. The Balaban J connectivity index is 1.90. The van der Waals surface area contributed by atoms with Gasteiger partial charge in [-0.1, -0.05) is 6.07 Å². The molecule has 0 radical (unpaired) electrons. The van der Waals surface area contributed by atoms with Crippen LogP contribution in [0.3, 0.4) is 0 Å². The summed E-state index contributed by atoms with van der Waals surface area (Å²) in [6.45, 7) is 0. The first kappa shape index (κ1) is 19.5. The number of thioether (sulfide) groups is 1. The van der Waals surface area contributed by atoms with E-state index >= 15 is 0 Å². The van der Waals surface area contributed by atoms with Gasteiger partial charge in [-0.3, -0.25) is 9.59 Å². The summed E-state index contributed by atoms with van der Waals surface area (Å²) in [4.78, 5) is 26.7. The third-order valence-corrected chi connectivity index (χ3v) is 5.03. The predicted octanol–water partition coefficient (Wildman–Crippen LogP) is 4.48. The minimum absolute atomic E-state index is 0.233. The molecule has 0 aromatic heterocycles. The normalized spacial score (nSPS) is 10.4.